The lowest BCUT2D eigenvalue weighted by molar-refractivity contribution is 0.122. The number of ether oxygens (including phenoxy) is 3. The van der Waals surface area contributed by atoms with E-state index in [0.29, 0.717) is 6.61 Å². The molecule has 5 heteroatoms. The van der Waals surface area contributed by atoms with Gasteiger partial charge in [-0.1, -0.05) is 12.1 Å². The Morgan fingerprint density at radius 1 is 1.04 bits per heavy atom. The molecular weight excluding hydrogens is 340 g/mol. The van der Waals surface area contributed by atoms with Crippen LogP contribution < -0.4 is 14.4 Å². The highest BCUT2D eigenvalue weighted by molar-refractivity contribution is 5.88. The van der Waals surface area contributed by atoms with Gasteiger partial charge in [0.15, 0.2) is 0 Å². The standard InChI is InChI=1S/C22H24N2O3/c1-16-13-22(27-15-17-3-6-19(25-2)7-4-17)20-14-18(5-8-21(20)23-16)24-9-11-26-12-10-24/h3-8,13-14H,9-12,15H2,1-2H3. The summed E-state index contributed by atoms with van der Waals surface area (Å²) in [5, 5.41) is 1.04. The van der Waals surface area contributed by atoms with E-state index < -0.39 is 0 Å². The Morgan fingerprint density at radius 3 is 2.56 bits per heavy atom. The Balaban J connectivity index is 1.61. The zero-order valence-electron chi connectivity index (χ0n) is 15.8. The Hall–Kier alpha value is -2.79. The summed E-state index contributed by atoms with van der Waals surface area (Å²) < 4.78 is 16.9. The average molecular weight is 364 g/mol. The molecule has 1 aromatic heterocycles. The van der Waals surface area contributed by atoms with Crippen LogP contribution in [-0.4, -0.2) is 38.4 Å². The summed E-state index contributed by atoms with van der Waals surface area (Å²) in [4.78, 5) is 7.00. The van der Waals surface area contributed by atoms with Crippen LogP contribution in [0.4, 0.5) is 5.69 Å². The normalized spacial score (nSPS) is 14.4. The van der Waals surface area contributed by atoms with Gasteiger partial charge in [0.2, 0.25) is 0 Å². The molecule has 1 fully saturated rings. The number of hydrogen-bond acceptors (Lipinski definition) is 5. The van der Waals surface area contributed by atoms with Crippen molar-refractivity contribution in [1.29, 1.82) is 0 Å². The van der Waals surface area contributed by atoms with Crippen molar-refractivity contribution >= 4 is 16.6 Å². The second-order valence-electron chi connectivity index (χ2n) is 6.70. The third kappa shape index (κ3) is 3.98. The molecule has 0 radical (unpaired) electrons. The van der Waals surface area contributed by atoms with Crippen molar-refractivity contribution in [2.24, 2.45) is 0 Å². The van der Waals surface area contributed by atoms with Gasteiger partial charge in [0.25, 0.3) is 0 Å². The number of aromatic nitrogens is 1. The maximum Gasteiger partial charge on any atom is 0.131 e. The van der Waals surface area contributed by atoms with Crippen LogP contribution in [-0.2, 0) is 11.3 Å². The van der Waals surface area contributed by atoms with Crippen LogP contribution in [0.25, 0.3) is 10.9 Å². The largest absolute Gasteiger partial charge is 0.497 e. The summed E-state index contributed by atoms with van der Waals surface area (Å²) in [6.45, 7) is 5.86. The van der Waals surface area contributed by atoms with Gasteiger partial charge in [-0.05, 0) is 42.8 Å². The van der Waals surface area contributed by atoms with E-state index in [0.717, 1.165) is 60.0 Å². The van der Waals surface area contributed by atoms with Gasteiger partial charge in [-0.3, -0.25) is 4.98 Å². The Kier molecular flexibility index (Phi) is 5.12. The molecule has 2 heterocycles. The first-order valence-electron chi connectivity index (χ1n) is 9.23. The molecule has 0 atom stereocenters. The number of rotatable bonds is 5. The number of hydrogen-bond donors (Lipinski definition) is 0. The molecule has 5 nitrogen and oxygen atoms in total. The first kappa shape index (κ1) is 17.6. The van der Waals surface area contributed by atoms with Crippen LogP contribution in [0.15, 0.2) is 48.5 Å². The summed E-state index contributed by atoms with van der Waals surface area (Å²) in [5.74, 6) is 1.71. The van der Waals surface area contributed by atoms with E-state index in [1.54, 1.807) is 7.11 Å². The van der Waals surface area contributed by atoms with E-state index in [-0.39, 0.29) is 0 Å². The molecule has 0 bridgehead atoms. The molecule has 2 aromatic carbocycles. The van der Waals surface area contributed by atoms with E-state index in [1.807, 2.05) is 37.3 Å². The molecule has 1 aliphatic rings. The molecule has 0 aliphatic carbocycles. The van der Waals surface area contributed by atoms with E-state index in [9.17, 15) is 0 Å². The van der Waals surface area contributed by atoms with Gasteiger partial charge >= 0.3 is 0 Å². The molecule has 140 valence electrons. The maximum absolute atomic E-state index is 6.18. The number of morpholine rings is 1. The quantitative estimate of drug-likeness (QED) is 0.685. The van der Waals surface area contributed by atoms with E-state index in [4.69, 9.17) is 14.2 Å². The van der Waals surface area contributed by atoms with E-state index >= 15 is 0 Å². The van der Waals surface area contributed by atoms with Gasteiger partial charge < -0.3 is 19.1 Å². The van der Waals surface area contributed by atoms with Crippen molar-refractivity contribution in [3.8, 4) is 11.5 Å². The van der Waals surface area contributed by atoms with Crippen LogP contribution in [0.2, 0.25) is 0 Å². The molecule has 27 heavy (non-hydrogen) atoms. The Bertz CT molecular complexity index is 919. The lowest BCUT2D eigenvalue weighted by Crippen LogP contribution is -2.36. The molecule has 0 unspecified atom stereocenters. The third-order valence-corrected chi connectivity index (χ3v) is 4.81. The van der Waals surface area contributed by atoms with E-state index in [2.05, 4.69) is 28.1 Å². The minimum absolute atomic E-state index is 0.504. The van der Waals surface area contributed by atoms with Crippen LogP contribution in [0.3, 0.4) is 0 Å². The zero-order valence-corrected chi connectivity index (χ0v) is 15.8. The summed E-state index contributed by atoms with van der Waals surface area (Å²) in [5.41, 5.74) is 4.19. The highest BCUT2D eigenvalue weighted by Crippen LogP contribution is 2.30. The first-order chi connectivity index (χ1) is 13.2. The highest BCUT2D eigenvalue weighted by Gasteiger charge is 2.14. The molecule has 0 spiro atoms. The molecule has 3 aromatic rings. The van der Waals surface area contributed by atoms with Gasteiger partial charge in [-0.25, -0.2) is 0 Å². The number of aryl methyl sites for hydroxylation is 1. The zero-order chi connectivity index (χ0) is 18.6. The van der Waals surface area contributed by atoms with Crippen LogP contribution in [0.5, 0.6) is 11.5 Å². The topological polar surface area (TPSA) is 43.8 Å². The van der Waals surface area contributed by atoms with Gasteiger partial charge in [-0.15, -0.1) is 0 Å². The number of anilines is 1. The van der Waals surface area contributed by atoms with Crippen molar-refractivity contribution in [1.82, 2.24) is 4.98 Å². The Morgan fingerprint density at radius 2 is 1.81 bits per heavy atom. The number of fused-ring (bicyclic) bond motifs is 1. The smallest absolute Gasteiger partial charge is 0.131 e. The fraction of sp³-hybridized carbons (Fsp3) is 0.318. The molecule has 1 aliphatic heterocycles. The van der Waals surface area contributed by atoms with Crippen LogP contribution in [0.1, 0.15) is 11.3 Å². The maximum atomic E-state index is 6.18. The monoisotopic (exact) mass is 364 g/mol. The van der Waals surface area contributed by atoms with Crippen molar-refractivity contribution in [3.05, 3.63) is 59.8 Å². The summed E-state index contributed by atoms with van der Waals surface area (Å²) in [6, 6.07) is 16.3. The van der Waals surface area contributed by atoms with E-state index in [1.165, 1.54) is 5.69 Å². The predicted molar refractivity (Wildman–Crippen MR) is 107 cm³/mol. The van der Waals surface area contributed by atoms with Crippen LogP contribution in [0, 0.1) is 6.92 Å². The predicted octanol–water partition coefficient (Wildman–Crippen LogP) is 3.97. The van der Waals surface area contributed by atoms with Gasteiger partial charge in [0.05, 0.1) is 25.8 Å². The number of nitrogens with zero attached hydrogens (tertiary/aromatic N) is 2. The van der Waals surface area contributed by atoms with Crippen molar-refractivity contribution in [2.75, 3.05) is 38.3 Å². The minimum Gasteiger partial charge on any atom is -0.497 e. The summed E-state index contributed by atoms with van der Waals surface area (Å²) >= 11 is 0. The fourth-order valence-electron chi connectivity index (χ4n) is 3.33. The fourth-order valence-corrected chi connectivity index (χ4v) is 3.33. The van der Waals surface area contributed by atoms with Crippen molar-refractivity contribution in [3.63, 3.8) is 0 Å². The average Bonchev–Trinajstić information content (AvgIpc) is 2.72. The SMILES string of the molecule is COc1ccc(COc2cc(C)nc3ccc(N4CCOCC4)cc23)cc1. The molecular formula is C22H24N2O3. The third-order valence-electron chi connectivity index (χ3n) is 4.81. The molecule has 1 saturated heterocycles. The number of pyridine rings is 1. The lowest BCUT2D eigenvalue weighted by atomic mass is 10.1. The molecule has 0 N–H and O–H groups in total. The number of benzene rings is 2. The highest BCUT2D eigenvalue weighted by atomic mass is 16.5. The minimum atomic E-state index is 0.504. The van der Waals surface area contributed by atoms with Crippen molar-refractivity contribution in [2.45, 2.75) is 13.5 Å². The van der Waals surface area contributed by atoms with Gasteiger partial charge in [0, 0.05) is 35.9 Å². The lowest BCUT2D eigenvalue weighted by Gasteiger charge is -2.29. The Labute approximate surface area is 159 Å². The molecule has 4 rings (SSSR count). The second kappa shape index (κ2) is 7.84. The summed E-state index contributed by atoms with van der Waals surface area (Å²) in [7, 11) is 1.67. The molecule has 0 amide bonds. The van der Waals surface area contributed by atoms with Gasteiger partial charge in [0.1, 0.15) is 18.1 Å². The summed E-state index contributed by atoms with van der Waals surface area (Å²) in [6.07, 6.45) is 0. The first-order valence-corrected chi connectivity index (χ1v) is 9.23. The molecule has 0 saturated carbocycles. The van der Waals surface area contributed by atoms with Crippen molar-refractivity contribution < 1.29 is 14.2 Å². The number of methoxy groups -OCH3 is 1. The van der Waals surface area contributed by atoms with Gasteiger partial charge in [-0.2, -0.15) is 0 Å². The van der Waals surface area contributed by atoms with Crippen LogP contribution >= 0.6 is 0 Å². The second-order valence-corrected chi connectivity index (χ2v) is 6.70.